The molecule has 1 aliphatic rings. The van der Waals surface area contributed by atoms with Crippen LogP contribution in [0.2, 0.25) is 0 Å². The number of oxazole rings is 1. The first-order valence-corrected chi connectivity index (χ1v) is 8.10. The second kappa shape index (κ2) is 6.08. The van der Waals surface area contributed by atoms with Gasteiger partial charge in [0.05, 0.1) is 17.7 Å². The summed E-state index contributed by atoms with van der Waals surface area (Å²) in [5.41, 5.74) is 2.06. The van der Waals surface area contributed by atoms with E-state index in [1.165, 1.54) is 23.6 Å². The number of carbonyl (C=O) groups is 1. The van der Waals surface area contributed by atoms with E-state index in [4.69, 9.17) is 9.15 Å². The van der Waals surface area contributed by atoms with Crippen LogP contribution >= 0.6 is 0 Å². The van der Waals surface area contributed by atoms with Crippen LogP contribution in [0.15, 0.2) is 45.7 Å². The average Bonchev–Trinajstić information content (AvgIpc) is 3.40. The number of pyridine rings is 1. The van der Waals surface area contributed by atoms with E-state index in [0.717, 1.165) is 0 Å². The highest BCUT2D eigenvalue weighted by Crippen LogP contribution is 2.29. The van der Waals surface area contributed by atoms with E-state index in [-0.39, 0.29) is 5.91 Å². The van der Waals surface area contributed by atoms with E-state index >= 15 is 0 Å². The molecule has 0 atom stereocenters. The summed E-state index contributed by atoms with van der Waals surface area (Å²) in [7, 11) is 1.63. The fourth-order valence-electron chi connectivity index (χ4n) is 2.50. The van der Waals surface area contributed by atoms with Gasteiger partial charge in [-0.15, -0.1) is 0 Å². The molecule has 0 radical (unpaired) electrons. The molecule has 128 valence electrons. The summed E-state index contributed by atoms with van der Waals surface area (Å²) in [5.74, 6) is 0.442. The molecule has 1 aliphatic carbocycles. The van der Waals surface area contributed by atoms with E-state index < -0.39 is 5.76 Å². The molecule has 1 saturated carbocycles. The summed E-state index contributed by atoms with van der Waals surface area (Å²) in [6.45, 7) is 0.681. The third-order valence-electron chi connectivity index (χ3n) is 4.21. The Hall–Kier alpha value is -3.09. The summed E-state index contributed by atoms with van der Waals surface area (Å²) in [6, 6.07) is 8.43. The van der Waals surface area contributed by atoms with Gasteiger partial charge in [0.2, 0.25) is 5.88 Å². The Labute approximate surface area is 143 Å². The van der Waals surface area contributed by atoms with Gasteiger partial charge in [-0.25, -0.2) is 9.78 Å². The lowest BCUT2D eigenvalue weighted by Crippen LogP contribution is -2.12. The van der Waals surface area contributed by atoms with Gasteiger partial charge in [0.25, 0.3) is 5.91 Å². The third kappa shape index (κ3) is 3.26. The van der Waals surface area contributed by atoms with Crippen molar-refractivity contribution in [1.29, 1.82) is 0 Å². The SMILES string of the molecule is Cn1c(=O)oc2cc(NC(=O)c3ccc(OCC4CC4)nc3)ccc21. The van der Waals surface area contributed by atoms with E-state index in [0.29, 0.717) is 40.8 Å². The van der Waals surface area contributed by atoms with Crippen molar-refractivity contribution in [2.24, 2.45) is 13.0 Å². The minimum atomic E-state index is -0.440. The van der Waals surface area contributed by atoms with Gasteiger partial charge in [0.1, 0.15) is 0 Å². The number of aryl methyl sites for hydroxylation is 1. The number of hydrogen-bond donors (Lipinski definition) is 1. The standard InChI is InChI=1S/C18H17N3O4/c1-21-14-6-5-13(8-15(14)25-18(21)23)20-17(22)12-4-7-16(19-9-12)24-10-11-2-3-11/h4-9,11H,2-3,10H2,1H3,(H,20,22). The van der Waals surface area contributed by atoms with Crippen molar-refractivity contribution in [3.63, 3.8) is 0 Å². The molecule has 25 heavy (non-hydrogen) atoms. The van der Waals surface area contributed by atoms with Gasteiger partial charge in [-0.05, 0) is 37.0 Å². The maximum absolute atomic E-state index is 12.3. The zero-order valence-electron chi connectivity index (χ0n) is 13.7. The highest BCUT2D eigenvalue weighted by Gasteiger charge is 2.22. The molecule has 0 aliphatic heterocycles. The summed E-state index contributed by atoms with van der Waals surface area (Å²) in [6.07, 6.45) is 3.91. The zero-order valence-corrected chi connectivity index (χ0v) is 13.7. The molecule has 3 aromatic rings. The highest BCUT2D eigenvalue weighted by molar-refractivity contribution is 6.04. The molecule has 0 saturated heterocycles. The molecule has 7 heteroatoms. The molecular weight excluding hydrogens is 322 g/mol. The molecule has 1 N–H and O–H groups in total. The molecule has 0 unspecified atom stereocenters. The van der Waals surface area contributed by atoms with E-state index in [1.807, 2.05) is 0 Å². The predicted molar refractivity (Wildman–Crippen MR) is 91.9 cm³/mol. The third-order valence-corrected chi connectivity index (χ3v) is 4.21. The highest BCUT2D eigenvalue weighted by atomic mass is 16.5. The Morgan fingerprint density at radius 2 is 2.20 bits per heavy atom. The molecule has 0 spiro atoms. The van der Waals surface area contributed by atoms with Gasteiger partial charge in [-0.3, -0.25) is 9.36 Å². The second-order valence-electron chi connectivity index (χ2n) is 6.20. The first-order valence-electron chi connectivity index (χ1n) is 8.10. The van der Waals surface area contributed by atoms with Crippen LogP contribution in [0.25, 0.3) is 11.1 Å². The lowest BCUT2D eigenvalue weighted by Gasteiger charge is -2.07. The number of carbonyl (C=O) groups excluding carboxylic acids is 1. The van der Waals surface area contributed by atoms with Crippen LogP contribution < -0.4 is 15.8 Å². The van der Waals surface area contributed by atoms with Crippen LogP contribution in [-0.4, -0.2) is 22.1 Å². The van der Waals surface area contributed by atoms with Gasteiger partial charge in [-0.1, -0.05) is 0 Å². The number of nitrogens with one attached hydrogen (secondary N) is 1. The van der Waals surface area contributed by atoms with Gasteiger partial charge in [0, 0.05) is 31.1 Å². The molecule has 2 aromatic heterocycles. The molecule has 2 heterocycles. The Kier molecular flexibility index (Phi) is 3.76. The average molecular weight is 339 g/mol. The summed E-state index contributed by atoms with van der Waals surface area (Å²) < 4.78 is 12.1. The largest absolute Gasteiger partial charge is 0.477 e. The van der Waals surface area contributed by atoms with Crippen LogP contribution in [-0.2, 0) is 7.05 Å². The number of anilines is 1. The number of ether oxygens (including phenoxy) is 1. The van der Waals surface area contributed by atoms with Crippen LogP contribution in [0.1, 0.15) is 23.2 Å². The van der Waals surface area contributed by atoms with Crippen molar-refractivity contribution in [2.45, 2.75) is 12.8 Å². The smallest absolute Gasteiger partial charge is 0.419 e. The topological polar surface area (TPSA) is 86.4 Å². The van der Waals surface area contributed by atoms with Crippen LogP contribution in [0.4, 0.5) is 5.69 Å². The van der Waals surface area contributed by atoms with Crippen LogP contribution in [0, 0.1) is 5.92 Å². The molecule has 1 fully saturated rings. The maximum atomic E-state index is 12.3. The maximum Gasteiger partial charge on any atom is 0.419 e. The molecule has 1 amide bonds. The van der Waals surface area contributed by atoms with Gasteiger partial charge >= 0.3 is 5.76 Å². The lowest BCUT2D eigenvalue weighted by molar-refractivity contribution is 0.102. The number of aromatic nitrogens is 2. The van der Waals surface area contributed by atoms with Crippen LogP contribution in [0.3, 0.4) is 0 Å². The fourth-order valence-corrected chi connectivity index (χ4v) is 2.50. The number of benzene rings is 1. The summed E-state index contributed by atoms with van der Waals surface area (Å²) >= 11 is 0. The summed E-state index contributed by atoms with van der Waals surface area (Å²) in [4.78, 5) is 28.0. The Morgan fingerprint density at radius 1 is 1.36 bits per heavy atom. The second-order valence-corrected chi connectivity index (χ2v) is 6.20. The molecule has 0 bridgehead atoms. The number of amides is 1. The normalized spacial score (nSPS) is 13.8. The van der Waals surface area contributed by atoms with Crippen molar-refractivity contribution in [3.05, 3.63) is 52.6 Å². The first-order chi connectivity index (χ1) is 12.1. The van der Waals surface area contributed by atoms with Crippen molar-refractivity contribution in [3.8, 4) is 5.88 Å². The molecule has 7 nitrogen and oxygen atoms in total. The minimum Gasteiger partial charge on any atom is -0.477 e. The monoisotopic (exact) mass is 339 g/mol. The summed E-state index contributed by atoms with van der Waals surface area (Å²) in [5, 5.41) is 2.77. The van der Waals surface area contributed by atoms with Crippen LogP contribution in [0.5, 0.6) is 5.88 Å². The molecule has 4 rings (SSSR count). The van der Waals surface area contributed by atoms with Gasteiger partial charge in [-0.2, -0.15) is 0 Å². The zero-order chi connectivity index (χ0) is 17.4. The van der Waals surface area contributed by atoms with Crippen molar-refractivity contribution in [2.75, 3.05) is 11.9 Å². The van der Waals surface area contributed by atoms with E-state index in [1.54, 1.807) is 37.4 Å². The Balaban J connectivity index is 1.46. The van der Waals surface area contributed by atoms with Gasteiger partial charge in [0.15, 0.2) is 5.58 Å². The number of nitrogens with zero attached hydrogens (tertiary/aromatic N) is 2. The molecular formula is C18H17N3O4. The van der Waals surface area contributed by atoms with Crippen molar-refractivity contribution < 1.29 is 13.9 Å². The number of hydrogen-bond acceptors (Lipinski definition) is 5. The predicted octanol–water partition coefficient (Wildman–Crippen LogP) is 2.57. The fraction of sp³-hybridized carbons (Fsp3) is 0.278. The Bertz CT molecular complexity index is 984. The quantitative estimate of drug-likeness (QED) is 0.772. The lowest BCUT2D eigenvalue weighted by atomic mass is 10.2. The van der Waals surface area contributed by atoms with Gasteiger partial charge < -0.3 is 14.5 Å². The first kappa shape index (κ1) is 15.4. The number of rotatable bonds is 5. The molecule has 1 aromatic carbocycles. The van der Waals surface area contributed by atoms with Crippen molar-refractivity contribution >= 4 is 22.7 Å². The van der Waals surface area contributed by atoms with E-state index in [2.05, 4.69) is 10.3 Å². The number of fused-ring (bicyclic) bond motifs is 1. The van der Waals surface area contributed by atoms with Crippen molar-refractivity contribution in [1.82, 2.24) is 9.55 Å². The van der Waals surface area contributed by atoms with E-state index in [9.17, 15) is 9.59 Å². The Morgan fingerprint density at radius 3 is 2.92 bits per heavy atom. The minimum absolute atomic E-state index is 0.293.